The van der Waals surface area contributed by atoms with Gasteiger partial charge in [0.05, 0.1) is 0 Å². The highest BCUT2D eigenvalue weighted by Crippen LogP contribution is 2.34. The molecule has 1 N–H and O–H groups in total. The quantitative estimate of drug-likeness (QED) is 0.701. The summed E-state index contributed by atoms with van der Waals surface area (Å²) in [6.45, 7) is 0. The zero-order valence-electron chi connectivity index (χ0n) is 12.2. The molecule has 1 aromatic heterocycles. The van der Waals surface area contributed by atoms with Crippen LogP contribution < -0.4 is 4.74 Å². The summed E-state index contributed by atoms with van der Waals surface area (Å²) < 4.78 is 7.28. The molecule has 3 aromatic rings. The van der Waals surface area contributed by atoms with E-state index < -0.39 is 12.3 Å². The van der Waals surface area contributed by atoms with Crippen LogP contribution in [-0.4, -0.2) is 19.9 Å². The predicted molar refractivity (Wildman–Crippen MR) is 92.6 cm³/mol. The van der Waals surface area contributed by atoms with Crippen LogP contribution in [0, 0.1) is 0 Å². The van der Waals surface area contributed by atoms with E-state index in [-0.39, 0.29) is 0 Å². The summed E-state index contributed by atoms with van der Waals surface area (Å²) in [5.74, 6) is 0.518. The molecular formula is C16H12Cl3N3O2. The van der Waals surface area contributed by atoms with Gasteiger partial charge >= 0.3 is 0 Å². The number of nitrogens with zero attached hydrogens (tertiary/aromatic N) is 3. The Bertz CT molecular complexity index is 810. The van der Waals surface area contributed by atoms with Crippen LogP contribution >= 0.6 is 34.8 Å². The molecule has 2 aromatic carbocycles. The number of ether oxygens (including phenoxy) is 1. The average Bonchev–Trinajstić information content (AvgIpc) is 3.08. The normalized spacial score (nSPS) is 13.5. The maximum absolute atomic E-state index is 10.8. The van der Waals surface area contributed by atoms with E-state index in [2.05, 4.69) is 10.1 Å². The van der Waals surface area contributed by atoms with Gasteiger partial charge in [-0.1, -0.05) is 40.9 Å². The minimum atomic E-state index is -1.09. The van der Waals surface area contributed by atoms with E-state index in [0.717, 1.165) is 0 Å². The van der Waals surface area contributed by atoms with Gasteiger partial charge in [-0.2, -0.15) is 5.10 Å². The van der Waals surface area contributed by atoms with Crippen molar-refractivity contribution in [1.29, 1.82) is 0 Å². The molecule has 2 unspecified atom stereocenters. The Morgan fingerprint density at radius 1 is 1.00 bits per heavy atom. The highest BCUT2D eigenvalue weighted by molar-refractivity contribution is 6.35. The van der Waals surface area contributed by atoms with Crippen molar-refractivity contribution in [1.82, 2.24) is 14.8 Å². The molecule has 0 amide bonds. The average molecular weight is 385 g/mol. The molecule has 0 radical (unpaired) electrons. The number of aliphatic hydroxyl groups excluding tert-OH is 1. The first-order chi connectivity index (χ1) is 11.5. The van der Waals surface area contributed by atoms with Crippen LogP contribution in [0.2, 0.25) is 15.1 Å². The fourth-order valence-electron chi connectivity index (χ4n) is 2.16. The number of aliphatic hydroxyl groups is 1. The number of hydrogen-bond acceptors (Lipinski definition) is 4. The zero-order valence-corrected chi connectivity index (χ0v) is 14.4. The Balaban J connectivity index is 1.93. The molecule has 0 aliphatic rings. The van der Waals surface area contributed by atoms with Crippen molar-refractivity contribution in [2.75, 3.05) is 0 Å². The van der Waals surface area contributed by atoms with Gasteiger partial charge in [0.1, 0.15) is 24.5 Å². The van der Waals surface area contributed by atoms with Crippen molar-refractivity contribution in [2.24, 2.45) is 0 Å². The van der Waals surface area contributed by atoms with E-state index >= 15 is 0 Å². The van der Waals surface area contributed by atoms with Crippen molar-refractivity contribution in [3.05, 3.63) is 75.8 Å². The fourth-order valence-corrected chi connectivity index (χ4v) is 2.81. The second-order valence-electron chi connectivity index (χ2n) is 4.95. The summed E-state index contributed by atoms with van der Waals surface area (Å²) in [4.78, 5) is 3.90. The second kappa shape index (κ2) is 7.40. The first-order valence-corrected chi connectivity index (χ1v) is 8.07. The van der Waals surface area contributed by atoms with Gasteiger partial charge in [-0.3, -0.25) is 0 Å². The predicted octanol–water partition coefficient (Wildman–Crippen LogP) is 4.55. The molecule has 0 spiro atoms. The monoisotopic (exact) mass is 383 g/mol. The lowest BCUT2D eigenvalue weighted by Gasteiger charge is -2.25. The largest absolute Gasteiger partial charge is 0.465 e. The van der Waals surface area contributed by atoms with E-state index in [1.165, 1.54) is 17.3 Å². The number of halogens is 3. The lowest BCUT2D eigenvalue weighted by Crippen LogP contribution is -2.24. The van der Waals surface area contributed by atoms with E-state index in [4.69, 9.17) is 39.5 Å². The molecule has 0 saturated heterocycles. The molecule has 3 rings (SSSR count). The maximum atomic E-state index is 10.8. The van der Waals surface area contributed by atoms with Crippen molar-refractivity contribution in [2.45, 2.75) is 12.3 Å². The van der Waals surface area contributed by atoms with Crippen LogP contribution in [0.15, 0.2) is 55.1 Å². The molecule has 0 fully saturated rings. The van der Waals surface area contributed by atoms with E-state index in [9.17, 15) is 5.11 Å². The van der Waals surface area contributed by atoms with Crippen molar-refractivity contribution in [3.8, 4) is 5.75 Å². The molecule has 0 aliphatic carbocycles. The SMILES string of the molecule is OC(c1ccc(Cl)cc1Cl)C(Oc1ccc(Cl)cc1)n1cncn1. The topological polar surface area (TPSA) is 60.2 Å². The number of benzene rings is 2. The van der Waals surface area contributed by atoms with Gasteiger partial charge in [0.15, 0.2) is 0 Å². The minimum Gasteiger partial charge on any atom is -0.465 e. The van der Waals surface area contributed by atoms with E-state index in [1.54, 1.807) is 42.5 Å². The van der Waals surface area contributed by atoms with Crippen molar-refractivity contribution < 1.29 is 9.84 Å². The lowest BCUT2D eigenvalue weighted by atomic mass is 10.1. The third-order valence-electron chi connectivity index (χ3n) is 3.32. The molecule has 2 atom stereocenters. The van der Waals surface area contributed by atoms with E-state index in [1.807, 2.05) is 0 Å². The smallest absolute Gasteiger partial charge is 0.222 e. The summed E-state index contributed by atoms with van der Waals surface area (Å²) in [5.41, 5.74) is 0.468. The van der Waals surface area contributed by atoms with Gasteiger partial charge in [0.2, 0.25) is 6.23 Å². The van der Waals surface area contributed by atoms with Gasteiger partial charge in [0.25, 0.3) is 0 Å². The maximum Gasteiger partial charge on any atom is 0.222 e. The Morgan fingerprint density at radius 2 is 1.71 bits per heavy atom. The molecule has 8 heteroatoms. The first kappa shape index (κ1) is 17.0. The third kappa shape index (κ3) is 3.82. The van der Waals surface area contributed by atoms with Crippen molar-refractivity contribution >= 4 is 34.8 Å². The summed E-state index contributed by atoms with van der Waals surface area (Å²) in [5, 5.41) is 16.2. The van der Waals surface area contributed by atoms with Crippen LogP contribution in [0.3, 0.4) is 0 Å². The highest BCUT2D eigenvalue weighted by atomic mass is 35.5. The Labute approximate surface area is 153 Å². The van der Waals surface area contributed by atoms with Crippen LogP contribution in [0.25, 0.3) is 0 Å². The molecular weight excluding hydrogens is 373 g/mol. The molecule has 0 aliphatic heterocycles. The van der Waals surface area contributed by atoms with Crippen LogP contribution in [0.4, 0.5) is 0 Å². The number of aromatic nitrogens is 3. The Kier molecular flexibility index (Phi) is 5.26. The summed E-state index contributed by atoms with van der Waals surface area (Å²) in [6.07, 6.45) is 0.849. The first-order valence-electron chi connectivity index (χ1n) is 6.94. The Hall–Kier alpha value is -1.79. The zero-order chi connectivity index (χ0) is 17.1. The standard InChI is InChI=1S/C16H12Cl3N3O2/c17-10-1-4-12(5-2-10)24-16(22-9-20-8-21-22)15(23)13-6-3-11(18)7-14(13)19/h1-9,15-16,23H. The molecule has 1 heterocycles. The molecule has 124 valence electrons. The lowest BCUT2D eigenvalue weighted by molar-refractivity contribution is -0.0192. The van der Waals surface area contributed by atoms with Crippen LogP contribution in [-0.2, 0) is 0 Å². The van der Waals surface area contributed by atoms with Gasteiger partial charge in [0, 0.05) is 20.6 Å². The molecule has 24 heavy (non-hydrogen) atoms. The third-order valence-corrected chi connectivity index (χ3v) is 4.13. The summed E-state index contributed by atoms with van der Waals surface area (Å²) in [7, 11) is 0. The van der Waals surface area contributed by atoms with Crippen LogP contribution in [0.5, 0.6) is 5.75 Å². The highest BCUT2D eigenvalue weighted by Gasteiger charge is 2.27. The van der Waals surface area contributed by atoms with Gasteiger partial charge in [-0.25, -0.2) is 9.67 Å². The number of hydrogen-bond donors (Lipinski definition) is 1. The second-order valence-corrected chi connectivity index (χ2v) is 6.23. The Morgan fingerprint density at radius 3 is 2.33 bits per heavy atom. The fraction of sp³-hybridized carbons (Fsp3) is 0.125. The van der Waals surface area contributed by atoms with Crippen molar-refractivity contribution in [3.63, 3.8) is 0 Å². The summed E-state index contributed by atoms with van der Waals surface area (Å²) in [6, 6.07) is 11.6. The minimum absolute atomic E-state index is 0.333. The van der Waals surface area contributed by atoms with Crippen LogP contribution in [0.1, 0.15) is 17.9 Å². The molecule has 0 saturated carbocycles. The van der Waals surface area contributed by atoms with E-state index in [0.29, 0.717) is 26.4 Å². The summed E-state index contributed by atoms with van der Waals surface area (Å²) >= 11 is 18.0. The van der Waals surface area contributed by atoms with Gasteiger partial charge in [-0.05, 0) is 36.4 Å². The van der Waals surface area contributed by atoms with Gasteiger partial charge < -0.3 is 9.84 Å². The van der Waals surface area contributed by atoms with Gasteiger partial charge in [-0.15, -0.1) is 0 Å². The molecule has 0 bridgehead atoms. The molecule has 5 nitrogen and oxygen atoms in total. The number of rotatable bonds is 5.